The van der Waals surface area contributed by atoms with Crippen LogP contribution in [0, 0.1) is 0 Å². The van der Waals surface area contributed by atoms with Gasteiger partial charge in [0.15, 0.2) is 0 Å². The van der Waals surface area contributed by atoms with Gasteiger partial charge in [0, 0.05) is 16.8 Å². The van der Waals surface area contributed by atoms with Crippen molar-refractivity contribution in [3.8, 4) is 5.75 Å². The van der Waals surface area contributed by atoms with E-state index in [9.17, 15) is 4.79 Å². The second kappa shape index (κ2) is 8.02. The van der Waals surface area contributed by atoms with Crippen LogP contribution in [0.4, 0.5) is 11.4 Å². The highest BCUT2D eigenvalue weighted by atomic mass is 16.5. The number of ether oxygens (including phenoxy) is 1. The van der Waals surface area contributed by atoms with Crippen LogP contribution in [0.3, 0.4) is 0 Å². The van der Waals surface area contributed by atoms with E-state index in [0.717, 1.165) is 27.9 Å². The first-order valence-electron chi connectivity index (χ1n) is 8.11. The number of hydrogen-bond donors (Lipinski definition) is 2. The normalized spacial score (nSPS) is 10.2. The molecule has 0 aliphatic carbocycles. The van der Waals surface area contributed by atoms with Crippen molar-refractivity contribution in [1.82, 2.24) is 0 Å². The van der Waals surface area contributed by atoms with Crippen molar-refractivity contribution < 1.29 is 9.53 Å². The van der Waals surface area contributed by atoms with Gasteiger partial charge in [-0.2, -0.15) is 0 Å². The van der Waals surface area contributed by atoms with Gasteiger partial charge in [0.25, 0.3) is 0 Å². The Kier molecular flexibility index (Phi) is 5.32. The molecule has 0 aliphatic rings. The molecule has 0 radical (unpaired) electrons. The molecule has 0 heterocycles. The lowest BCUT2D eigenvalue weighted by atomic mass is 10.1. The summed E-state index contributed by atoms with van der Waals surface area (Å²) < 4.78 is 5.43. The van der Waals surface area contributed by atoms with Crippen LogP contribution in [0.2, 0.25) is 0 Å². The molecule has 4 nitrogen and oxygen atoms in total. The van der Waals surface area contributed by atoms with Gasteiger partial charge >= 0.3 is 0 Å². The van der Waals surface area contributed by atoms with Gasteiger partial charge in [-0.05, 0) is 35.7 Å². The number of carbonyl (C=O) groups excluding carboxylic acids is 1. The number of benzene rings is 3. The van der Waals surface area contributed by atoms with Crippen LogP contribution in [0.1, 0.15) is 0 Å². The maximum Gasteiger partial charge on any atom is 0.243 e. The first kappa shape index (κ1) is 16.6. The molecule has 0 aliphatic heterocycles. The Bertz CT molecular complexity index is 867. The molecule has 0 saturated heterocycles. The second-order valence-electron chi connectivity index (χ2n) is 5.55. The summed E-state index contributed by atoms with van der Waals surface area (Å²) in [6, 6.07) is 21.3. The van der Waals surface area contributed by atoms with Gasteiger partial charge in [-0.1, -0.05) is 49.1 Å². The number of carbonyl (C=O) groups is 1. The summed E-state index contributed by atoms with van der Waals surface area (Å²) >= 11 is 0. The highest BCUT2D eigenvalue weighted by Crippen LogP contribution is 2.23. The number of nitrogens with one attached hydrogen (secondary N) is 2. The third-order valence-electron chi connectivity index (χ3n) is 3.74. The monoisotopic (exact) mass is 332 g/mol. The molecule has 3 rings (SSSR count). The third-order valence-corrected chi connectivity index (χ3v) is 3.74. The fourth-order valence-corrected chi connectivity index (χ4v) is 2.54. The molecule has 2 N–H and O–H groups in total. The highest BCUT2D eigenvalue weighted by molar-refractivity contribution is 6.03. The van der Waals surface area contributed by atoms with Gasteiger partial charge in [-0.3, -0.25) is 4.79 Å². The van der Waals surface area contributed by atoms with Gasteiger partial charge in [-0.25, -0.2) is 0 Å². The van der Waals surface area contributed by atoms with E-state index in [2.05, 4.69) is 17.2 Å². The van der Waals surface area contributed by atoms with E-state index >= 15 is 0 Å². The van der Waals surface area contributed by atoms with Crippen molar-refractivity contribution in [3.05, 3.63) is 79.4 Å². The Morgan fingerprint density at radius 1 is 1.00 bits per heavy atom. The molecular formula is C21H20N2O2. The average Bonchev–Trinajstić information content (AvgIpc) is 2.66. The topological polar surface area (TPSA) is 50.4 Å². The van der Waals surface area contributed by atoms with Crippen molar-refractivity contribution in [3.63, 3.8) is 0 Å². The Hall–Kier alpha value is -3.27. The van der Waals surface area contributed by atoms with Crippen LogP contribution in [0.5, 0.6) is 5.75 Å². The third kappa shape index (κ3) is 4.38. The van der Waals surface area contributed by atoms with Crippen molar-refractivity contribution in [2.75, 3.05) is 23.8 Å². The summed E-state index contributed by atoms with van der Waals surface area (Å²) in [6.07, 6.45) is 1.70. The predicted octanol–water partition coefficient (Wildman–Crippen LogP) is 4.46. The molecule has 0 atom stereocenters. The predicted molar refractivity (Wildman–Crippen MR) is 103 cm³/mol. The smallest absolute Gasteiger partial charge is 0.243 e. The van der Waals surface area contributed by atoms with Gasteiger partial charge in [0.2, 0.25) is 5.91 Å². The van der Waals surface area contributed by atoms with Crippen LogP contribution in [-0.2, 0) is 4.79 Å². The molecule has 126 valence electrons. The number of hydrogen-bond acceptors (Lipinski definition) is 3. The molecule has 0 fully saturated rings. The fraction of sp³-hybridized carbons (Fsp3) is 0.0952. The molecule has 0 bridgehead atoms. The van der Waals surface area contributed by atoms with Gasteiger partial charge < -0.3 is 15.4 Å². The number of fused-ring (bicyclic) bond motifs is 1. The van der Waals surface area contributed by atoms with Gasteiger partial charge in [0.1, 0.15) is 12.4 Å². The maximum atomic E-state index is 12.2. The summed E-state index contributed by atoms with van der Waals surface area (Å²) in [7, 11) is 0. The van der Waals surface area contributed by atoms with Crippen molar-refractivity contribution in [1.29, 1.82) is 0 Å². The van der Waals surface area contributed by atoms with E-state index in [-0.39, 0.29) is 12.5 Å². The van der Waals surface area contributed by atoms with E-state index in [4.69, 9.17) is 4.74 Å². The zero-order valence-corrected chi connectivity index (χ0v) is 13.9. The minimum atomic E-state index is -0.0941. The van der Waals surface area contributed by atoms with Crippen LogP contribution in [0.15, 0.2) is 79.4 Å². The first-order valence-corrected chi connectivity index (χ1v) is 8.11. The fourth-order valence-electron chi connectivity index (χ4n) is 2.54. The second-order valence-corrected chi connectivity index (χ2v) is 5.55. The van der Waals surface area contributed by atoms with Gasteiger partial charge in [-0.15, -0.1) is 0 Å². The van der Waals surface area contributed by atoms with E-state index < -0.39 is 0 Å². The zero-order valence-electron chi connectivity index (χ0n) is 13.9. The number of amides is 1. The van der Waals surface area contributed by atoms with Crippen LogP contribution < -0.4 is 15.4 Å². The summed E-state index contributed by atoms with van der Waals surface area (Å²) in [5.74, 6) is 0.675. The minimum absolute atomic E-state index is 0.0941. The van der Waals surface area contributed by atoms with Crippen LogP contribution in [0.25, 0.3) is 10.8 Å². The standard InChI is InChI=1S/C21H20N2O2/c1-2-14-25-18-12-10-17(11-13-18)22-15-21(24)23-20-9-5-7-16-6-3-4-8-19(16)20/h2-13,22H,1,14-15H2,(H,23,24). The van der Waals surface area contributed by atoms with E-state index in [0.29, 0.717) is 6.61 Å². The Morgan fingerprint density at radius 2 is 1.76 bits per heavy atom. The Balaban J connectivity index is 1.58. The molecule has 4 heteroatoms. The molecule has 3 aromatic carbocycles. The van der Waals surface area contributed by atoms with Crippen molar-refractivity contribution >= 4 is 28.1 Å². The maximum absolute atomic E-state index is 12.2. The summed E-state index contributed by atoms with van der Waals surface area (Å²) in [4.78, 5) is 12.2. The molecule has 0 aromatic heterocycles. The number of anilines is 2. The summed E-state index contributed by atoms with van der Waals surface area (Å²) in [5.41, 5.74) is 1.68. The molecule has 0 unspecified atom stereocenters. The quantitative estimate of drug-likeness (QED) is 0.628. The molecule has 0 saturated carbocycles. The van der Waals surface area contributed by atoms with Crippen molar-refractivity contribution in [2.24, 2.45) is 0 Å². The zero-order chi connectivity index (χ0) is 17.5. The summed E-state index contributed by atoms with van der Waals surface area (Å²) in [5, 5.41) is 8.20. The first-order chi connectivity index (χ1) is 12.3. The molecular weight excluding hydrogens is 312 g/mol. The van der Waals surface area contributed by atoms with Gasteiger partial charge in [0.05, 0.1) is 6.54 Å². The molecule has 0 spiro atoms. The van der Waals surface area contributed by atoms with E-state index in [1.807, 2.05) is 66.7 Å². The molecule has 25 heavy (non-hydrogen) atoms. The number of rotatable bonds is 7. The highest BCUT2D eigenvalue weighted by Gasteiger charge is 2.05. The molecule has 1 amide bonds. The lowest BCUT2D eigenvalue weighted by molar-refractivity contribution is -0.114. The van der Waals surface area contributed by atoms with Crippen molar-refractivity contribution in [2.45, 2.75) is 0 Å². The average molecular weight is 332 g/mol. The van der Waals surface area contributed by atoms with Crippen LogP contribution in [-0.4, -0.2) is 19.1 Å². The summed E-state index contributed by atoms with van der Waals surface area (Å²) in [6.45, 7) is 4.28. The lowest BCUT2D eigenvalue weighted by Crippen LogP contribution is -2.21. The molecule has 3 aromatic rings. The van der Waals surface area contributed by atoms with Crippen LogP contribution >= 0.6 is 0 Å². The lowest BCUT2D eigenvalue weighted by Gasteiger charge is -2.10. The largest absolute Gasteiger partial charge is 0.490 e. The minimum Gasteiger partial charge on any atom is -0.490 e. The van der Waals surface area contributed by atoms with E-state index in [1.165, 1.54) is 0 Å². The Morgan fingerprint density at radius 3 is 2.56 bits per heavy atom. The SMILES string of the molecule is C=CCOc1ccc(NCC(=O)Nc2cccc3ccccc23)cc1. The van der Waals surface area contributed by atoms with E-state index in [1.54, 1.807) is 6.08 Å². The Labute approximate surface area is 147 Å².